The minimum atomic E-state index is -0.209. The highest BCUT2D eigenvalue weighted by Crippen LogP contribution is 2.33. The van der Waals surface area contributed by atoms with Gasteiger partial charge in [-0.15, -0.1) is 0 Å². The molecule has 0 radical (unpaired) electrons. The van der Waals surface area contributed by atoms with Crippen LogP contribution in [0.3, 0.4) is 0 Å². The summed E-state index contributed by atoms with van der Waals surface area (Å²) in [6.07, 6.45) is 6.71. The molecule has 0 saturated heterocycles. The van der Waals surface area contributed by atoms with Crippen molar-refractivity contribution < 1.29 is 9.15 Å². The molecular weight excluding hydrogens is 354 g/mol. The van der Waals surface area contributed by atoms with Crippen molar-refractivity contribution >= 4 is 23.0 Å². The van der Waals surface area contributed by atoms with Gasteiger partial charge in [0, 0.05) is 11.3 Å². The van der Waals surface area contributed by atoms with Crippen LogP contribution in [0.4, 0.5) is 5.69 Å². The number of benzene rings is 1. The van der Waals surface area contributed by atoms with Gasteiger partial charge in [-0.3, -0.25) is 10.4 Å². The molecule has 0 fully saturated rings. The zero-order valence-corrected chi connectivity index (χ0v) is 14.5. The minimum Gasteiger partial charge on any atom is -0.484 e. The van der Waals surface area contributed by atoms with E-state index in [0.29, 0.717) is 27.9 Å². The van der Waals surface area contributed by atoms with E-state index in [1.807, 2.05) is 0 Å². The lowest BCUT2D eigenvalue weighted by Crippen LogP contribution is -2.18. The van der Waals surface area contributed by atoms with Crippen molar-refractivity contribution in [3.8, 4) is 5.75 Å². The maximum atomic E-state index is 8.28. The van der Waals surface area contributed by atoms with Crippen molar-refractivity contribution in [2.24, 2.45) is 0 Å². The molecule has 4 rings (SSSR count). The number of aromatic nitrogens is 3. The third-order valence-corrected chi connectivity index (χ3v) is 4.47. The molecule has 2 heterocycles. The van der Waals surface area contributed by atoms with E-state index in [2.05, 4.69) is 15.0 Å². The Labute approximate surface area is 154 Å². The molecule has 132 valence electrons. The van der Waals surface area contributed by atoms with Crippen LogP contribution in [-0.2, 0) is 6.42 Å². The third-order valence-electron chi connectivity index (χ3n) is 4.28. The summed E-state index contributed by atoms with van der Waals surface area (Å²) in [4.78, 5) is 12.6. The number of fused-ring (bicyclic) bond motifs is 1. The Balaban J connectivity index is 1.62. The number of nitrogens with two attached hydrogens (primary N) is 1. The Morgan fingerprint density at radius 3 is 3.04 bits per heavy atom. The minimum absolute atomic E-state index is 0.154. The lowest BCUT2D eigenvalue weighted by Gasteiger charge is -2.25. The average molecular weight is 370 g/mol. The van der Waals surface area contributed by atoms with Gasteiger partial charge in [0.1, 0.15) is 28.4 Å². The Morgan fingerprint density at radius 2 is 2.23 bits per heavy atom. The van der Waals surface area contributed by atoms with Crippen LogP contribution in [0, 0.1) is 5.41 Å². The van der Waals surface area contributed by atoms with Crippen LogP contribution in [0.15, 0.2) is 41.4 Å². The predicted octanol–water partition coefficient (Wildman–Crippen LogP) is 3.57. The summed E-state index contributed by atoms with van der Waals surface area (Å²) in [5, 5.41) is 8.67. The largest absolute Gasteiger partial charge is 0.484 e. The van der Waals surface area contributed by atoms with E-state index in [9.17, 15) is 0 Å². The van der Waals surface area contributed by atoms with Gasteiger partial charge in [0.05, 0.1) is 18.1 Å². The summed E-state index contributed by atoms with van der Waals surface area (Å²) in [6.45, 7) is 0. The second-order valence-corrected chi connectivity index (χ2v) is 6.40. The zero-order chi connectivity index (χ0) is 18.1. The maximum Gasteiger partial charge on any atom is 0.181 e. The molecule has 0 bridgehead atoms. The highest BCUT2D eigenvalue weighted by molar-refractivity contribution is 6.29. The predicted molar refractivity (Wildman–Crippen MR) is 96.6 cm³/mol. The SMILES string of the molecule is N=C(c1cnco1)c1cc(OC2CCCc3nc(Cl)cnc32)ccc1N. The Kier molecular flexibility index (Phi) is 4.30. The molecule has 26 heavy (non-hydrogen) atoms. The van der Waals surface area contributed by atoms with Crippen molar-refractivity contribution in [3.05, 3.63) is 64.9 Å². The van der Waals surface area contributed by atoms with Crippen LogP contribution in [0.2, 0.25) is 5.15 Å². The number of aryl methyl sites for hydroxylation is 1. The molecule has 2 aromatic heterocycles. The van der Waals surface area contributed by atoms with Crippen molar-refractivity contribution in [2.75, 3.05) is 5.73 Å². The normalized spacial score (nSPS) is 16.1. The van der Waals surface area contributed by atoms with Crippen LogP contribution < -0.4 is 10.5 Å². The van der Waals surface area contributed by atoms with Gasteiger partial charge in [-0.1, -0.05) is 11.6 Å². The van der Waals surface area contributed by atoms with Crippen LogP contribution >= 0.6 is 11.6 Å². The highest BCUT2D eigenvalue weighted by atomic mass is 35.5. The number of nitrogen functional groups attached to an aromatic ring is 1. The van der Waals surface area contributed by atoms with Crippen LogP contribution in [0.1, 0.15) is 41.7 Å². The zero-order valence-electron chi connectivity index (χ0n) is 13.8. The van der Waals surface area contributed by atoms with E-state index in [1.165, 1.54) is 18.8 Å². The first-order valence-electron chi connectivity index (χ1n) is 8.17. The summed E-state index contributed by atoms with van der Waals surface area (Å²) in [7, 11) is 0. The quantitative estimate of drug-likeness (QED) is 0.537. The molecule has 0 amide bonds. The van der Waals surface area contributed by atoms with E-state index in [1.54, 1.807) is 18.2 Å². The number of nitrogens with one attached hydrogen (secondary N) is 1. The number of nitrogens with zero attached hydrogens (tertiary/aromatic N) is 3. The lowest BCUT2D eigenvalue weighted by atomic mass is 9.97. The smallest absolute Gasteiger partial charge is 0.181 e. The molecule has 0 saturated carbocycles. The first-order valence-corrected chi connectivity index (χ1v) is 8.55. The molecule has 0 aliphatic heterocycles. The number of oxazole rings is 1. The fraction of sp³-hybridized carbons (Fsp3) is 0.222. The molecule has 0 spiro atoms. The number of ether oxygens (including phenoxy) is 1. The molecule has 1 aliphatic rings. The molecule has 1 unspecified atom stereocenters. The van der Waals surface area contributed by atoms with Crippen molar-refractivity contribution in [1.82, 2.24) is 15.0 Å². The van der Waals surface area contributed by atoms with Gasteiger partial charge in [-0.05, 0) is 37.5 Å². The fourth-order valence-corrected chi connectivity index (χ4v) is 3.18. The van der Waals surface area contributed by atoms with Gasteiger partial charge in [-0.2, -0.15) is 0 Å². The third kappa shape index (κ3) is 3.13. The average Bonchev–Trinajstić information content (AvgIpc) is 3.17. The Bertz CT molecular complexity index is 958. The maximum absolute atomic E-state index is 8.28. The Morgan fingerprint density at radius 1 is 1.35 bits per heavy atom. The van der Waals surface area contributed by atoms with E-state index in [0.717, 1.165) is 30.7 Å². The van der Waals surface area contributed by atoms with Crippen molar-refractivity contribution in [2.45, 2.75) is 25.4 Å². The fourth-order valence-electron chi connectivity index (χ4n) is 3.03. The van der Waals surface area contributed by atoms with Crippen molar-refractivity contribution in [3.63, 3.8) is 0 Å². The van der Waals surface area contributed by atoms with Crippen LogP contribution in [0.25, 0.3) is 0 Å². The van der Waals surface area contributed by atoms with E-state index < -0.39 is 0 Å². The highest BCUT2D eigenvalue weighted by Gasteiger charge is 2.25. The summed E-state index contributed by atoms with van der Waals surface area (Å²) in [5.74, 6) is 0.949. The lowest BCUT2D eigenvalue weighted by molar-refractivity contribution is 0.177. The van der Waals surface area contributed by atoms with Gasteiger partial charge in [0.2, 0.25) is 0 Å². The molecular formula is C18H16ClN5O2. The number of hydrogen-bond acceptors (Lipinski definition) is 7. The summed E-state index contributed by atoms with van der Waals surface area (Å²) < 4.78 is 11.3. The van der Waals surface area contributed by atoms with E-state index in [4.69, 9.17) is 31.9 Å². The van der Waals surface area contributed by atoms with Gasteiger partial charge in [-0.25, -0.2) is 9.97 Å². The first-order chi connectivity index (χ1) is 12.6. The second-order valence-electron chi connectivity index (χ2n) is 6.01. The topological polar surface area (TPSA) is 111 Å². The summed E-state index contributed by atoms with van der Waals surface area (Å²) in [6, 6.07) is 5.23. The second kappa shape index (κ2) is 6.76. The molecule has 8 heteroatoms. The summed E-state index contributed by atoms with van der Waals surface area (Å²) in [5.41, 5.74) is 8.86. The van der Waals surface area contributed by atoms with Gasteiger partial charge < -0.3 is 14.9 Å². The van der Waals surface area contributed by atoms with Gasteiger partial charge >= 0.3 is 0 Å². The molecule has 3 aromatic rings. The standard InChI is InChI=1S/C18H16ClN5O2/c19-16-8-23-18-13(24-16)2-1-3-14(18)26-10-4-5-12(20)11(6-10)17(21)15-7-22-9-25-15/h4-9,14,21H,1-3,20H2. The number of anilines is 1. The first kappa shape index (κ1) is 16.5. The van der Waals surface area contributed by atoms with Gasteiger partial charge in [0.25, 0.3) is 0 Å². The van der Waals surface area contributed by atoms with E-state index in [-0.39, 0.29) is 11.8 Å². The summed E-state index contributed by atoms with van der Waals surface area (Å²) >= 11 is 5.94. The van der Waals surface area contributed by atoms with E-state index >= 15 is 0 Å². The molecule has 7 nitrogen and oxygen atoms in total. The molecule has 3 N–H and O–H groups in total. The Hall–Kier alpha value is -2.93. The molecule has 1 aliphatic carbocycles. The number of rotatable bonds is 4. The van der Waals surface area contributed by atoms with Gasteiger partial charge in [0.15, 0.2) is 12.2 Å². The molecule has 1 aromatic carbocycles. The monoisotopic (exact) mass is 369 g/mol. The van der Waals surface area contributed by atoms with Crippen LogP contribution in [0.5, 0.6) is 5.75 Å². The number of halogens is 1. The molecule has 1 atom stereocenters. The number of hydrogen-bond donors (Lipinski definition) is 2. The van der Waals surface area contributed by atoms with Crippen molar-refractivity contribution in [1.29, 1.82) is 5.41 Å². The van der Waals surface area contributed by atoms with Crippen LogP contribution in [-0.4, -0.2) is 20.7 Å².